The van der Waals surface area contributed by atoms with Gasteiger partial charge in [-0.2, -0.15) is 0 Å². The summed E-state index contributed by atoms with van der Waals surface area (Å²) in [5, 5.41) is 11.6. The molecule has 3 saturated carbocycles. The van der Waals surface area contributed by atoms with Gasteiger partial charge in [0.1, 0.15) is 12.4 Å². The van der Waals surface area contributed by atoms with E-state index in [9.17, 15) is 19.5 Å². The van der Waals surface area contributed by atoms with Crippen LogP contribution in [0.1, 0.15) is 78.6 Å². The highest BCUT2D eigenvalue weighted by Gasteiger charge is 2.69. The molecule has 0 spiro atoms. The van der Waals surface area contributed by atoms with Crippen molar-refractivity contribution in [2.45, 2.75) is 90.3 Å². The van der Waals surface area contributed by atoms with Gasteiger partial charge in [-0.15, -0.1) is 0 Å². The molecule has 0 aromatic carbocycles. The molecule has 7 nitrogen and oxygen atoms in total. The van der Waals surface area contributed by atoms with Gasteiger partial charge in [0, 0.05) is 25.4 Å². The van der Waals surface area contributed by atoms with E-state index in [1.807, 2.05) is 13.0 Å². The minimum atomic E-state index is -1.16. The van der Waals surface area contributed by atoms with Crippen LogP contribution in [0.2, 0.25) is 0 Å². The largest absolute Gasteiger partial charge is 0.458 e. The summed E-state index contributed by atoms with van der Waals surface area (Å²) in [4.78, 5) is 37.7. The summed E-state index contributed by atoms with van der Waals surface area (Å²) < 4.78 is 16.7. The number of methoxy groups -OCH3 is 1. The molecule has 7 heteroatoms. The highest BCUT2D eigenvalue weighted by molar-refractivity contribution is 5.92. The summed E-state index contributed by atoms with van der Waals surface area (Å²) >= 11 is 0. The van der Waals surface area contributed by atoms with E-state index in [0.717, 1.165) is 25.7 Å². The fourth-order valence-corrected chi connectivity index (χ4v) is 8.15. The van der Waals surface area contributed by atoms with Crippen LogP contribution in [0.15, 0.2) is 11.6 Å². The van der Waals surface area contributed by atoms with E-state index in [1.54, 1.807) is 0 Å². The normalized spacial score (nSPS) is 41.2. The average molecular weight is 477 g/mol. The summed E-state index contributed by atoms with van der Waals surface area (Å²) in [7, 11) is 1.53. The quantitative estimate of drug-likeness (QED) is 0.421. The van der Waals surface area contributed by atoms with Crippen LogP contribution in [-0.2, 0) is 28.6 Å². The summed E-state index contributed by atoms with van der Waals surface area (Å²) in [5.41, 5.74) is -0.754. The molecule has 0 aromatic heterocycles. The first-order chi connectivity index (χ1) is 16.1. The molecule has 0 bridgehead atoms. The minimum Gasteiger partial charge on any atom is -0.458 e. The summed E-state index contributed by atoms with van der Waals surface area (Å²) in [6, 6.07) is 0. The van der Waals surface area contributed by atoms with Crippen LogP contribution < -0.4 is 0 Å². The van der Waals surface area contributed by atoms with Crippen molar-refractivity contribution in [3.63, 3.8) is 0 Å². The van der Waals surface area contributed by atoms with Gasteiger partial charge < -0.3 is 19.3 Å². The second-order valence-corrected chi connectivity index (χ2v) is 11.3. The topological polar surface area (TPSA) is 99.1 Å². The highest BCUT2D eigenvalue weighted by atomic mass is 16.7. The first-order valence-corrected chi connectivity index (χ1v) is 12.9. The molecular weight excluding hydrogens is 436 g/mol. The van der Waals surface area contributed by atoms with Crippen LogP contribution in [0.25, 0.3) is 0 Å². The minimum absolute atomic E-state index is 0.0339. The fourth-order valence-electron chi connectivity index (χ4n) is 8.15. The van der Waals surface area contributed by atoms with E-state index >= 15 is 0 Å². The van der Waals surface area contributed by atoms with Crippen LogP contribution in [0.3, 0.4) is 0 Å². The third-order valence-electron chi connectivity index (χ3n) is 9.71. The van der Waals surface area contributed by atoms with Crippen molar-refractivity contribution in [3.8, 4) is 0 Å². The molecule has 4 rings (SSSR count). The number of fused-ring (bicyclic) bond motifs is 5. The van der Waals surface area contributed by atoms with Crippen molar-refractivity contribution in [1.29, 1.82) is 0 Å². The molecule has 1 N–H and O–H groups in total. The number of aliphatic hydroxyl groups excluding tert-OH is 1. The van der Waals surface area contributed by atoms with Gasteiger partial charge in [0.25, 0.3) is 0 Å². The van der Waals surface area contributed by atoms with Crippen molar-refractivity contribution >= 4 is 17.5 Å². The Hall–Kier alpha value is -1.57. The Bertz CT molecular complexity index is 865. The molecule has 0 radical (unpaired) electrons. The summed E-state index contributed by atoms with van der Waals surface area (Å²) in [6.45, 7) is 5.83. The van der Waals surface area contributed by atoms with Gasteiger partial charge in [-0.25, -0.2) is 0 Å². The number of hydrogen-bond donors (Lipinski definition) is 1. The third-order valence-corrected chi connectivity index (χ3v) is 9.71. The molecule has 4 aliphatic carbocycles. The number of esters is 1. The molecule has 0 aliphatic heterocycles. The lowest BCUT2D eigenvalue weighted by atomic mass is 9.45. The fraction of sp³-hybridized carbons (Fsp3) is 0.815. The number of ketones is 2. The van der Waals surface area contributed by atoms with E-state index in [0.29, 0.717) is 25.7 Å². The first-order valence-electron chi connectivity index (χ1n) is 12.9. The van der Waals surface area contributed by atoms with Crippen LogP contribution in [-0.4, -0.2) is 54.9 Å². The van der Waals surface area contributed by atoms with Crippen molar-refractivity contribution in [2.75, 3.05) is 20.5 Å². The van der Waals surface area contributed by atoms with Crippen LogP contribution in [0.4, 0.5) is 0 Å². The lowest BCUT2D eigenvalue weighted by Gasteiger charge is -2.61. The van der Waals surface area contributed by atoms with Crippen molar-refractivity contribution in [1.82, 2.24) is 0 Å². The van der Waals surface area contributed by atoms with E-state index in [1.165, 1.54) is 12.7 Å². The Morgan fingerprint density at radius 3 is 2.65 bits per heavy atom. The average Bonchev–Trinajstić information content (AvgIpc) is 3.09. The number of hydrogen-bond acceptors (Lipinski definition) is 7. The molecule has 0 saturated heterocycles. The molecule has 0 heterocycles. The van der Waals surface area contributed by atoms with E-state index < -0.39 is 17.1 Å². The first kappa shape index (κ1) is 25.5. The van der Waals surface area contributed by atoms with Crippen LogP contribution in [0, 0.1) is 28.6 Å². The van der Waals surface area contributed by atoms with E-state index in [4.69, 9.17) is 14.2 Å². The summed E-state index contributed by atoms with van der Waals surface area (Å²) in [5.74, 6) is 0.0752. The molecule has 7 atom stereocenters. The van der Waals surface area contributed by atoms with Gasteiger partial charge in [0.15, 0.2) is 12.4 Å². The number of rotatable bonds is 8. The van der Waals surface area contributed by atoms with E-state index in [-0.39, 0.29) is 60.5 Å². The smallest absolute Gasteiger partial charge is 0.306 e. The van der Waals surface area contributed by atoms with Crippen molar-refractivity contribution in [3.05, 3.63) is 11.6 Å². The molecule has 3 fully saturated rings. The zero-order valence-electron chi connectivity index (χ0n) is 21.1. The predicted molar refractivity (Wildman–Crippen MR) is 125 cm³/mol. The molecule has 0 amide bonds. The Morgan fingerprint density at radius 2 is 1.94 bits per heavy atom. The molecule has 190 valence electrons. The summed E-state index contributed by atoms with van der Waals surface area (Å²) in [6.07, 6.45) is 7.00. The second kappa shape index (κ2) is 9.47. The van der Waals surface area contributed by atoms with Gasteiger partial charge in [-0.3, -0.25) is 14.4 Å². The zero-order valence-corrected chi connectivity index (χ0v) is 21.1. The van der Waals surface area contributed by atoms with Gasteiger partial charge in [-0.05, 0) is 74.2 Å². The number of allylic oxidation sites excluding steroid dienone is 1. The van der Waals surface area contributed by atoms with Crippen molar-refractivity contribution in [2.24, 2.45) is 28.6 Å². The maximum Gasteiger partial charge on any atom is 0.306 e. The highest BCUT2D eigenvalue weighted by Crippen LogP contribution is 2.68. The Balaban J connectivity index is 1.65. The lowest BCUT2D eigenvalue weighted by molar-refractivity contribution is -0.217. The molecule has 4 aliphatic rings. The van der Waals surface area contributed by atoms with Gasteiger partial charge in [0.05, 0.1) is 6.10 Å². The Labute approximate surface area is 202 Å². The number of aliphatic hydroxyl groups is 1. The Kier molecular flexibility index (Phi) is 7.11. The molecule has 0 aromatic rings. The van der Waals surface area contributed by atoms with Gasteiger partial charge >= 0.3 is 5.97 Å². The monoisotopic (exact) mass is 476 g/mol. The molecule has 34 heavy (non-hydrogen) atoms. The van der Waals surface area contributed by atoms with E-state index in [2.05, 4.69) is 13.8 Å². The number of Topliss-reactive ketones (excluding diaryl/α,β-unsaturated/α-hetero) is 1. The standard InChI is InChI=1S/C27H40O7/c1-5-6-23(31)33-15-22(30)27(34-16-32-4)12-10-20-19-8-7-17-13-18(28)9-11-25(17,2)24(19)21(29)14-26(20,27)3/h13,19-21,24,29H,5-12,14-16H2,1-4H3/t19-,20-,21?,24+,25-,26-,27-/m0/s1. The maximum absolute atomic E-state index is 13.6. The number of carbonyl (C=O) groups excluding carboxylic acids is 3. The Morgan fingerprint density at radius 1 is 1.18 bits per heavy atom. The van der Waals surface area contributed by atoms with Gasteiger partial charge in [0.2, 0.25) is 5.78 Å². The second-order valence-electron chi connectivity index (χ2n) is 11.3. The number of carbonyl (C=O) groups is 3. The van der Waals surface area contributed by atoms with Crippen LogP contribution in [0.5, 0.6) is 0 Å². The zero-order chi connectivity index (χ0) is 24.7. The lowest BCUT2D eigenvalue weighted by Crippen LogP contribution is -2.63. The molecular formula is C27H40O7. The SMILES string of the molecule is CCCC(=O)OCC(=O)[C@@]1(OCOC)CC[C@H]2[C@@H]3CCC4=CC(=O)CC[C@]4(C)[C@H]3C(O)C[C@@]21C. The predicted octanol–water partition coefficient (Wildman–Crippen LogP) is 3.76. The molecule has 1 unspecified atom stereocenters. The third kappa shape index (κ3) is 3.88. The van der Waals surface area contributed by atoms with Crippen LogP contribution >= 0.6 is 0 Å². The maximum atomic E-state index is 13.6. The number of ether oxygens (including phenoxy) is 3. The van der Waals surface area contributed by atoms with Gasteiger partial charge in [-0.1, -0.05) is 26.3 Å². The van der Waals surface area contributed by atoms with Crippen molar-refractivity contribution < 1.29 is 33.7 Å².